The van der Waals surface area contributed by atoms with Crippen molar-refractivity contribution < 1.29 is 9.53 Å². The lowest BCUT2D eigenvalue weighted by molar-refractivity contribution is -0.122. The molecular formula is C18H22ClN5O3. The zero-order valence-electron chi connectivity index (χ0n) is 15.3. The molecule has 0 unspecified atom stereocenters. The fraction of sp³-hybridized carbons (Fsp3) is 0.500. The molecule has 1 aliphatic rings. The van der Waals surface area contributed by atoms with Crippen LogP contribution in [0, 0.1) is 13.8 Å². The van der Waals surface area contributed by atoms with Crippen LogP contribution in [0.3, 0.4) is 0 Å². The first-order chi connectivity index (χ1) is 12.9. The highest BCUT2D eigenvalue weighted by Gasteiger charge is 2.24. The zero-order chi connectivity index (χ0) is 19.4. The molecule has 0 aromatic carbocycles. The number of rotatable bonds is 5. The van der Waals surface area contributed by atoms with Gasteiger partial charge in [0, 0.05) is 17.3 Å². The Morgan fingerprint density at radius 1 is 1.22 bits per heavy atom. The molecule has 8 nitrogen and oxygen atoms in total. The maximum atomic E-state index is 12.3. The van der Waals surface area contributed by atoms with Gasteiger partial charge >= 0.3 is 6.01 Å². The molecule has 0 aliphatic heterocycles. The van der Waals surface area contributed by atoms with Crippen molar-refractivity contribution in [3.05, 3.63) is 45.4 Å². The summed E-state index contributed by atoms with van der Waals surface area (Å²) < 4.78 is 7.09. The lowest BCUT2D eigenvalue weighted by atomic mass is 9.93. The molecule has 9 heteroatoms. The summed E-state index contributed by atoms with van der Waals surface area (Å²) in [7, 11) is 0. The maximum absolute atomic E-state index is 12.3. The molecule has 144 valence electrons. The molecule has 1 aliphatic carbocycles. The van der Waals surface area contributed by atoms with Crippen LogP contribution in [-0.4, -0.2) is 37.6 Å². The van der Waals surface area contributed by atoms with Crippen molar-refractivity contribution in [1.29, 1.82) is 0 Å². The van der Waals surface area contributed by atoms with E-state index in [0.29, 0.717) is 22.3 Å². The molecule has 0 bridgehead atoms. The summed E-state index contributed by atoms with van der Waals surface area (Å²) in [5.74, 6) is -0.187. The van der Waals surface area contributed by atoms with Crippen LogP contribution >= 0.6 is 11.6 Å². The number of ether oxygens (including phenoxy) is 1. The molecule has 2 aromatic heterocycles. The van der Waals surface area contributed by atoms with E-state index in [2.05, 4.69) is 20.3 Å². The summed E-state index contributed by atoms with van der Waals surface area (Å²) >= 11 is 5.76. The third kappa shape index (κ3) is 5.03. The van der Waals surface area contributed by atoms with Gasteiger partial charge < -0.3 is 10.1 Å². The quantitative estimate of drug-likeness (QED) is 0.834. The van der Waals surface area contributed by atoms with E-state index in [1.54, 1.807) is 13.8 Å². The minimum atomic E-state index is -0.187. The minimum Gasteiger partial charge on any atom is -0.460 e. The average molecular weight is 392 g/mol. The van der Waals surface area contributed by atoms with Crippen molar-refractivity contribution in [3.8, 4) is 6.01 Å². The van der Waals surface area contributed by atoms with Crippen molar-refractivity contribution in [1.82, 2.24) is 24.8 Å². The molecule has 1 saturated carbocycles. The van der Waals surface area contributed by atoms with Gasteiger partial charge in [0.15, 0.2) is 0 Å². The summed E-state index contributed by atoms with van der Waals surface area (Å²) in [5, 5.41) is 3.45. The van der Waals surface area contributed by atoms with Crippen LogP contribution in [0.15, 0.2) is 23.5 Å². The van der Waals surface area contributed by atoms with Crippen LogP contribution in [0.4, 0.5) is 0 Å². The van der Waals surface area contributed by atoms with E-state index in [1.807, 2.05) is 0 Å². The first kappa shape index (κ1) is 19.3. The van der Waals surface area contributed by atoms with Gasteiger partial charge in [-0.25, -0.2) is 15.0 Å². The number of carbonyl (C=O) groups is 1. The van der Waals surface area contributed by atoms with Crippen molar-refractivity contribution in [2.24, 2.45) is 0 Å². The minimum absolute atomic E-state index is 0.0193. The predicted molar refractivity (Wildman–Crippen MR) is 99.8 cm³/mol. The summed E-state index contributed by atoms with van der Waals surface area (Å²) in [6.45, 7) is 3.46. The molecule has 0 spiro atoms. The van der Waals surface area contributed by atoms with E-state index in [1.165, 1.54) is 23.3 Å². The first-order valence-electron chi connectivity index (χ1n) is 8.88. The Hall–Kier alpha value is -2.48. The van der Waals surface area contributed by atoms with Crippen molar-refractivity contribution >= 4 is 17.5 Å². The van der Waals surface area contributed by atoms with E-state index in [9.17, 15) is 9.59 Å². The van der Waals surface area contributed by atoms with E-state index in [4.69, 9.17) is 16.3 Å². The number of hydrogen-bond donors (Lipinski definition) is 1. The first-order valence-corrected chi connectivity index (χ1v) is 9.26. The number of aromatic nitrogens is 4. The molecule has 3 rings (SSSR count). The van der Waals surface area contributed by atoms with Gasteiger partial charge in [0.05, 0.1) is 23.7 Å². The van der Waals surface area contributed by atoms with Crippen molar-refractivity contribution in [2.75, 3.05) is 0 Å². The van der Waals surface area contributed by atoms with Crippen molar-refractivity contribution in [2.45, 2.75) is 58.2 Å². The SMILES string of the molecule is Cc1ncn(CC(=O)NC2CCC(Oc3ncc(Cl)cn3)CC2)c(=O)c1C. The topological polar surface area (TPSA) is 99.0 Å². The van der Waals surface area contributed by atoms with Gasteiger partial charge in [-0.1, -0.05) is 11.6 Å². The largest absolute Gasteiger partial charge is 0.460 e. The zero-order valence-corrected chi connectivity index (χ0v) is 16.1. The standard InChI is InChI=1S/C18H22ClN5O3/c1-11-12(2)22-10-24(17(11)26)9-16(25)23-14-3-5-15(6-4-14)27-18-20-7-13(19)8-21-18/h7-8,10,14-15H,3-6,9H2,1-2H3,(H,23,25). The number of nitrogens with one attached hydrogen (secondary N) is 1. The van der Waals surface area contributed by atoms with Gasteiger partial charge in [-0.3, -0.25) is 14.2 Å². The Morgan fingerprint density at radius 2 is 1.89 bits per heavy atom. The highest BCUT2D eigenvalue weighted by atomic mass is 35.5. The van der Waals surface area contributed by atoms with Crippen LogP contribution in [0.2, 0.25) is 5.02 Å². The molecule has 0 atom stereocenters. The van der Waals surface area contributed by atoms with E-state index in [-0.39, 0.29) is 30.2 Å². The number of hydrogen-bond acceptors (Lipinski definition) is 6. The lowest BCUT2D eigenvalue weighted by Gasteiger charge is -2.28. The smallest absolute Gasteiger partial charge is 0.316 e. The molecule has 27 heavy (non-hydrogen) atoms. The Balaban J connectivity index is 1.47. The third-order valence-electron chi connectivity index (χ3n) is 4.74. The van der Waals surface area contributed by atoms with E-state index < -0.39 is 0 Å². The number of halogens is 1. The van der Waals surface area contributed by atoms with Gasteiger partial charge in [-0.15, -0.1) is 0 Å². The summed E-state index contributed by atoms with van der Waals surface area (Å²) in [6.07, 6.45) is 7.61. The highest BCUT2D eigenvalue weighted by Crippen LogP contribution is 2.22. The van der Waals surface area contributed by atoms with Gasteiger partial charge in [0.1, 0.15) is 12.6 Å². The summed E-state index contributed by atoms with van der Waals surface area (Å²) in [4.78, 5) is 36.6. The number of carbonyl (C=O) groups excluding carboxylic acids is 1. The number of aryl methyl sites for hydroxylation is 1. The van der Waals surface area contributed by atoms with Crippen LogP contribution in [0.5, 0.6) is 6.01 Å². The average Bonchev–Trinajstić information content (AvgIpc) is 2.66. The maximum Gasteiger partial charge on any atom is 0.316 e. The second-order valence-electron chi connectivity index (χ2n) is 6.73. The molecule has 2 aromatic rings. The monoisotopic (exact) mass is 391 g/mol. The van der Waals surface area contributed by atoms with Gasteiger partial charge in [-0.2, -0.15) is 0 Å². The predicted octanol–water partition coefficient (Wildman–Crippen LogP) is 1.81. The van der Waals surface area contributed by atoms with Crippen LogP contribution < -0.4 is 15.6 Å². The second-order valence-corrected chi connectivity index (χ2v) is 7.17. The molecular weight excluding hydrogens is 370 g/mol. The fourth-order valence-electron chi connectivity index (χ4n) is 3.05. The lowest BCUT2D eigenvalue weighted by Crippen LogP contribution is -2.42. The molecule has 1 fully saturated rings. The summed E-state index contributed by atoms with van der Waals surface area (Å²) in [6, 6.07) is 0.382. The van der Waals surface area contributed by atoms with Gasteiger partial charge in [-0.05, 0) is 39.5 Å². The molecule has 2 heterocycles. The fourth-order valence-corrected chi connectivity index (χ4v) is 3.15. The van der Waals surface area contributed by atoms with Crippen LogP contribution in [-0.2, 0) is 11.3 Å². The highest BCUT2D eigenvalue weighted by molar-refractivity contribution is 6.30. The number of amides is 1. The van der Waals surface area contributed by atoms with Crippen molar-refractivity contribution in [3.63, 3.8) is 0 Å². The van der Waals surface area contributed by atoms with E-state index in [0.717, 1.165) is 25.7 Å². The third-order valence-corrected chi connectivity index (χ3v) is 4.93. The Kier molecular flexibility index (Phi) is 6.05. The van der Waals surface area contributed by atoms with E-state index >= 15 is 0 Å². The van der Waals surface area contributed by atoms with Crippen LogP contribution in [0.25, 0.3) is 0 Å². The normalized spacial score (nSPS) is 19.5. The Bertz CT molecular complexity index is 860. The molecule has 1 amide bonds. The Labute approximate surface area is 162 Å². The Morgan fingerprint density at radius 3 is 2.56 bits per heavy atom. The van der Waals surface area contributed by atoms with Gasteiger partial charge in [0.25, 0.3) is 5.56 Å². The molecule has 1 N–H and O–H groups in total. The molecule has 0 radical (unpaired) electrons. The van der Waals surface area contributed by atoms with Gasteiger partial charge in [0.2, 0.25) is 5.91 Å². The molecule has 0 saturated heterocycles. The number of nitrogens with zero attached hydrogens (tertiary/aromatic N) is 4. The summed E-state index contributed by atoms with van der Waals surface area (Å²) in [5.41, 5.74) is 1.06. The second kappa shape index (κ2) is 8.47. The van der Waals surface area contributed by atoms with Crippen LogP contribution in [0.1, 0.15) is 36.9 Å².